The van der Waals surface area contributed by atoms with E-state index in [9.17, 15) is 4.39 Å². The fraction of sp³-hybridized carbons (Fsp3) is 0.312. The molecule has 5 heteroatoms. The van der Waals surface area contributed by atoms with Gasteiger partial charge in [0, 0.05) is 38.9 Å². The SMILES string of the molecule is Fc1ccc2c(c1)N=C(N1CCNCC1)c1cccn1C2. The zero-order valence-electron chi connectivity index (χ0n) is 11.7. The van der Waals surface area contributed by atoms with E-state index in [1.54, 1.807) is 0 Å². The Labute approximate surface area is 122 Å². The normalized spacial score (nSPS) is 17.8. The maximum absolute atomic E-state index is 13.6. The summed E-state index contributed by atoms with van der Waals surface area (Å²) in [6.07, 6.45) is 2.06. The third-order valence-electron chi connectivity index (χ3n) is 4.09. The minimum Gasteiger partial charge on any atom is -0.352 e. The topological polar surface area (TPSA) is 32.6 Å². The molecule has 1 aromatic carbocycles. The quantitative estimate of drug-likeness (QED) is 0.802. The molecule has 2 aliphatic rings. The molecule has 2 aromatic rings. The number of aliphatic imine (C=N–C) groups is 1. The molecule has 0 atom stereocenters. The lowest BCUT2D eigenvalue weighted by atomic mass is 10.2. The smallest absolute Gasteiger partial charge is 0.153 e. The average Bonchev–Trinajstić information content (AvgIpc) is 2.90. The van der Waals surface area contributed by atoms with Gasteiger partial charge in [0.15, 0.2) is 5.84 Å². The van der Waals surface area contributed by atoms with Gasteiger partial charge < -0.3 is 14.8 Å². The molecule has 108 valence electrons. The van der Waals surface area contributed by atoms with Gasteiger partial charge in [-0.15, -0.1) is 0 Å². The fourth-order valence-electron chi connectivity index (χ4n) is 2.99. The molecule has 1 saturated heterocycles. The summed E-state index contributed by atoms with van der Waals surface area (Å²) in [7, 11) is 0. The van der Waals surface area contributed by atoms with Gasteiger partial charge in [-0.2, -0.15) is 0 Å². The van der Waals surface area contributed by atoms with E-state index in [-0.39, 0.29) is 5.82 Å². The van der Waals surface area contributed by atoms with Crippen LogP contribution in [-0.4, -0.2) is 41.5 Å². The summed E-state index contributed by atoms with van der Waals surface area (Å²) in [4.78, 5) is 7.07. The van der Waals surface area contributed by atoms with Crippen LogP contribution in [0.15, 0.2) is 41.5 Å². The van der Waals surface area contributed by atoms with Crippen molar-refractivity contribution in [3.63, 3.8) is 0 Å². The molecule has 4 nitrogen and oxygen atoms in total. The van der Waals surface area contributed by atoms with Crippen molar-refractivity contribution < 1.29 is 4.39 Å². The lowest BCUT2D eigenvalue weighted by molar-refractivity contribution is 0.357. The molecule has 0 radical (unpaired) electrons. The van der Waals surface area contributed by atoms with Crippen molar-refractivity contribution in [2.45, 2.75) is 6.54 Å². The number of hydrogen-bond acceptors (Lipinski definition) is 3. The highest BCUT2D eigenvalue weighted by Gasteiger charge is 2.22. The van der Waals surface area contributed by atoms with Crippen LogP contribution in [0.4, 0.5) is 10.1 Å². The van der Waals surface area contributed by atoms with Crippen LogP contribution < -0.4 is 5.32 Å². The summed E-state index contributed by atoms with van der Waals surface area (Å²) in [5.41, 5.74) is 2.90. The molecule has 0 amide bonds. The van der Waals surface area contributed by atoms with Crippen molar-refractivity contribution in [1.82, 2.24) is 14.8 Å². The van der Waals surface area contributed by atoms with Gasteiger partial charge >= 0.3 is 0 Å². The zero-order chi connectivity index (χ0) is 14.2. The van der Waals surface area contributed by atoms with Crippen molar-refractivity contribution in [3.8, 4) is 0 Å². The van der Waals surface area contributed by atoms with Gasteiger partial charge in [-0.1, -0.05) is 6.07 Å². The number of rotatable bonds is 0. The third-order valence-corrected chi connectivity index (χ3v) is 4.09. The van der Waals surface area contributed by atoms with Crippen molar-refractivity contribution >= 4 is 11.5 Å². The van der Waals surface area contributed by atoms with Crippen LogP contribution in [0.1, 0.15) is 11.3 Å². The number of benzene rings is 1. The Morgan fingerprint density at radius 3 is 2.86 bits per heavy atom. The molecule has 0 bridgehead atoms. The second-order valence-corrected chi connectivity index (χ2v) is 5.47. The molecule has 0 spiro atoms. The molecule has 0 unspecified atom stereocenters. The molecular formula is C16H17FN4. The standard InChI is InChI=1S/C16H17FN4/c17-13-4-3-12-11-21-7-1-2-15(21)16(19-14(12)10-13)20-8-5-18-6-9-20/h1-4,7,10,18H,5-6,8-9,11H2. The number of halogens is 1. The average molecular weight is 284 g/mol. The fourth-order valence-corrected chi connectivity index (χ4v) is 2.99. The van der Waals surface area contributed by atoms with Crippen LogP contribution in [0, 0.1) is 5.82 Å². The highest BCUT2D eigenvalue weighted by molar-refractivity contribution is 5.99. The number of aromatic nitrogens is 1. The van der Waals surface area contributed by atoms with Crippen molar-refractivity contribution in [3.05, 3.63) is 53.6 Å². The first-order chi connectivity index (χ1) is 10.3. The molecular weight excluding hydrogens is 267 g/mol. The Kier molecular flexibility index (Phi) is 3.00. The van der Waals surface area contributed by atoms with Crippen molar-refractivity contribution in [2.24, 2.45) is 4.99 Å². The molecule has 0 aliphatic carbocycles. The first-order valence-corrected chi connectivity index (χ1v) is 7.29. The maximum Gasteiger partial charge on any atom is 0.153 e. The molecule has 1 N–H and O–H groups in total. The maximum atomic E-state index is 13.6. The van der Waals surface area contributed by atoms with E-state index in [1.807, 2.05) is 12.1 Å². The number of nitrogens with one attached hydrogen (secondary N) is 1. The molecule has 2 aliphatic heterocycles. The summed E-state index contributed by atoms with van der Waals surface area (Å²) >= 11 is 0. The van der Waals surface area contributed by atoms with E-state index in [0.717, 1.165) is 55.5 Å². The van der Waals surface area contributed by atoms with Crippen molar-refractivity contribution in [1.29, 1.82) is 0 Å². The largest absolute Gasteiger partial charge is 0.352 e. The summed E-state index contributed by atoms with van der Waals surface area (Å²) in [6.45, 7) is 4.49. The Morgan fingerprint density at radius 2 is 2.00 bits per heavy atom. The molecule has 1 aromatic heterocycles. The summed E-state index contributed by atoms with van der Waals surface area (Å²) < 4.78 is 15.7. The Bertz CT molecular complexity index is 698. The molecule has 3 heterocycles. The second-order valence-electron chi connectivity index (χ2n) is 5.47. The van der Waals surface area contributed by atoms with Gasteiger partial charge in [0.05, 0.1) is 11.4 Å². The Morgan fingerprint density at radius 1 is 1.14 bits per heavy atom. The number of hydrogen-bond donors (Lipinski definition) is 1. The monoisotopic (exact) mass is 284 g/mol. The van der Waals surface area contributed by atoms with Crippen LogP contribution in [0.5, 0.6) is 0 Å². The van der Waals surface area contributed by atoms with E-state index in [0.29, 0.717) is 0 Å². The lowest BCUT2D eigenvalue weighted by Gasteiger charge is -2.30. The Balaban J connectivity index is 1.85. The van der Waals surface area contributed by atoms with Crippen LogP contribution in [-0.2, 0) is 6.54 Å². The highest BCUT2D eigenvalue weighted by Crippen LogP contribution is 2.27. The van der Waals surface area contributed by atoms with Gasteiger partial charge in [-0.25, -0.2) is 9.38 Å². The van der Waals surface area contributed by atoms with E-state index in [4.69, 9.17) is 4.99 Å². The van der Waals surface area contributed by atoms with Crippen LogP contribution >= 0.6 is 0 Å². The van der Waals surface area contributed by atoms with Gasteiger partial charge in [0.1, 0.15) is 5.82 Å². The van der Waals surface area contributed by atoms with E-state index >= 15 is 0 Å². The van der Waals surface area contributed by atoms with Gasteiger partial charge in [-0.05, 0) is 29.8 Å². The zero-order valence-corrected chi connectivity index (χ0v) is 11.7. The summed E-state index contributed by atoms with van der Waals surface area (Å²) in [6, 6.07) is 9.00. The highest BCUT2D eigenvalue weighted by atomic mass is 19.1. The first-order valence-electron chi connectivity index (χ1n) is 7.29. The second kappa shape index (κ2) is 5.00. The number of piperazine rings is 1. The molecule has 1 fully saturated rings. The van der Waals surface area contributed by atoms with E-state index in [2.05, 4.69) is 27.0 Å². The molecule has 21 heavy (non-hydrogen) atoms. The third kappa shape index (κ3) is 2.23. The minimum atomic E-state index is -0.233. The van der Waals surface area contributed by atoms with Crippen LogP contribution in [0.3, 0.4) is 0 Å². The number of fused-ring (bicyclic) bond motifs is 2. The van der Waals surface area contributed by atoms with Gasteiger partial charge in [0.2, 0.25) is 0 Å². The lowest BCUT2D eigenvalue weighted by Crippen LogP contribution is -2.47. The Hall–Kier alpha value is -2.14. The minimum absolute atomic E-state index is 0.233. The van der Waals surface area contributed by atoms with E-state index < -0.39 is 0 Å². The number of amidine groups is 1. The van der Waals surface area contributed by atoms with Crippen LogP contribution in [0.25, 0.3) is 0 Å². The summed E-state index contributed by atoms with van der Waals surface area (Å²) in [5.74, 6) is 0.717. The molecule has 0 saturated carbocycles. The van der Waals surface area contributed by atoms with Crippen LogP contribution in [0.2, 0.25) is 0 Å². The first kappa shape index (κ1) is 12.6. The van der Waals surface area contributed by atoms with Gasteiger partial charge in [0.25, 0.3) is 0 Å². The van der Waals surface area contributed by atoms with Crippen molar-refractivity contribution in [2.75, 3.05) is 26.2 Å². The van der Waals surface area contributed by atoms with Gasteiger partial charge in [-0.3, -0.25) is 0 Å². The molecule has 4 rings (SSSR count). The number of nitrogens with zero attached hydrogens (tertiary/aromatic N) is 3. The predicted molar refractivity (Wildman–Crippen MR) is 80.6 cm³/mol. The predicted octanol–water partition coefficient (Wildman–Crippen LogP) is 1.97. The van der Waals surface area contributed by atoms with E-state index in [1.165, 1.54) is 12.1 Å². The summed E-state index contributed by atoms with van der Waals surface area (Å²) in [5, 5.41) is 3.35.